The van der Waals surface area contributed by atoms with E-state index in [1.54, 1.807) is 32.4 Å². The second-order valence-corrected chi connectivity index (χ2v) is 2.71. The molecule has 0 amide bonds. The van der Waals surface area contributed by atoms with Gasteiger partial charge in [-0.1, -0.05) is 6.07 Å². The number of methoxy groups -OCH3 is 1. The Morgan fingerprint density at radius 1 is 1.43 bits per heavy atom. The molecule has 0 aromatic heterocycles. The van der Waals surface area contributed by atoms with Gasteiger partial charge in [-0.15, -0.1) is 0 Å². The van der Waals surface area contributed by atoms with Gasteiger partial charge in [0.15, 0.2) is 0 Å². The van der Waals surface area contributed by atoms with E-state index in [0.717, 1.165) is 11.8 Å². The highest BCUT2D eigenvalue weighted by Crippen LogP contribution is 2.07. The van der Waals surface area contributed by atoms with Crippen molar-refractivity contribution < 1.29 is 9.53 Å². The lowest BCUT2D eigenvalue weighted by Crippen LogP contribution is -1.86. The Hall–Kier alpha value is -1.66. The Morgan fingerprint density at radius 2 is 2.00 bits per heavy atom. The maximum Gasteiger partial charge on any atom is 0.150 e. The molecule has 0 heterocycles. The van der Waals surface area contributed by atoms with Crippen LogP contribution in [0.2, 0.25) is 0 Å². The van der Waals surface area contributed by atoms with Gasteiger partial charge in [-0.05, 0) is 24.6 Å². The summed E-state index contributed by atoms with van der Waals surface area (Å²) in [4.78, 5) is 10.3. The molecule has 0 saturated carbocycles. The van der Waals surface area contributed by atoms with Crippen LogP contribution in [-0.2, 0) is 4.74 Å². The van der Waals surface area contributed by atoms with Crippen LogP contribution < -0.4 is 0 Å². The van der Waals surface area contributed by atoms with Crippen LogP contribution in [-0.4, -0.2) is 20.5 Å². The minimum atomic E-state index is 0.591. The number of ether oxygens (including phenoxy) is 1. The minimum absolute atomic E-state index is 0.591. The summed E-state index contributed by atoms with van der Waals surface area (Å²) in [6, 6.07) is 6.99. The van der Waals surface area contributed by atoms with Gasteiger partial charge in [0.1, 0.15) is 6.29 Å². The van der Waals surface area contributed by atoms with E-state index in [9.17, 15) is 4.79 Å². The summed E-state index contributed by atoms with van der Waals surface area (Å²) < 4.78 is 4.25. The van der Waals surface area contributed by atoms with Crippen molar-refractivity contribution in [1.82, 2.24) is 0 Å². The van der Waals surface area contributed by atoms with Crippen LogP contribution in [0.3, 0.4) is 0 Å². The molecule has 0 N–H and O–H groups in total. The average Bonchev–Trinajstić information content (AvgIpc) is 2.19. The second kappa shape index (κ2) is 6.81. The van der Waals surface area contributed by atoms with Crippen molar-refractivity contribution in [3.63, 3.8) is 0 Å². The van der Waals surface area contributed by atoms with Gasteiger partial charge in [0, 0.05) is 19.8 Å². The number of hydrogen-bond donors (Lipinski definition) is 0. The van der Waals surface area contributed by atoms with Gasteiger partial charge in [-0.3, -0.25) is 4.79 Å². The molecule has 0 aliphatic heterocycles. The molecular weight excluding hydrogens is 178 g/mol. The molecule has 0 fully saturated rings. The highest BCUT2D eigenvalue weighted by atomic mass is 16.4. The SMILES string of the molecule is COC.Cc1cc(C#N)ccc1C=O. The van der Waals surface area contributed by atoms with Crippen LogP contribution >= 0.6 is 0 Å². The molecule has 0 spiro atoms. The highest BCUT2D eigenvalue weighted by Gasteiger charge is 1.96. The summed E-state index contributed by atoms with van der Waals surface area (Å²) in [6.45, 7) is 1.81. The van der Waals surface area contributed by atoms with E-state index in [2.05, 4.69) is 4.74 Å². The third kappa shape index (κ3) is 3.83. The van der Waals surface area contributed by atoms with Gasteiger partial charge >= 0.3 is 0 Å². The zero-order valence-electron chi connectivity index (χ0n) is 8.57. The third-order valence-corrected chi connectivity index (χ3v) is 1.53. The Labute approximate surface area is 83.9 Å². The smallest absolute Gasteiger partial charge is 0.150 e. The van der Waals surface area contributed by atoms with Crippen LogP contribution in [0.25, 0.3) is 0 Å². The molecule has 74 valence electrons. The molecule has 0 atom stereocenters. The predicted molar refractivity (Wildman–Crippen MR) is 54.2 cm³/mol. The quantitative estimate of drug-likeness (QED) is 0.637. The van der Waals surface area contributed by atoms with E-state index in [4.69, 9.17) is 5.26 Å². The molecule has 0 bridgehead atoms. The zero-order chi connectivity index (χ0) is 11.0. The maximum atomic E-state index is 10.3. The van der Waals surface area contributed by atoms with Crippen molar-refractivity contribution in [3.05, 3.63) is 34.9 Å². The van der Waals surface area contributed by atoms with Gasteiger partial charge < -0.3 is 4.74 Å². The van der Waals surface area contributed by atoms with Crippen molar-refractivity contribution in [2.24, 2.45) is 0 Å². The predicted octanol–water partition coefficient (Wildman–Crippen LogP) is 1.94. The Morgan fingerprint density at radius 3 is 2.36 bits per heavy atom. The van der Waals surface area contributed by atoms with Gasteiger partial charge in [0.2, 0.25) is 0 Å². The summed E-state index contributed by atoms with van der Waals surface area (Å²) in [5, 5.41) is 8.49. The summed E-state index contributed by atoms with van der Waals surface area (Å²) in [5.74, 6) is 0. The van der Waals surface area contributed by atoms with Crippen LogP contribution in [0.4, 0.5) is 0 Å². The number of hydrogen-bond acceptors (Lipinski definition) is 3. The summed E-state index contributed by atoms with van der Waals surface area (Å²) in [5.41, 5.74) is 2.08. The van der Waals surface area contributed by atoms with E-state index in [0.29, 0.717) is 11.1 Å². The minimum Gasteiger partial charge on any atom is -0.388 e. The number of rotatable bonds is 1. The van der Waals surface area contributed by atoms with Crippen molar-refractivity contribution >= 4 is 6.29 Å². The van der Waals surface area contributed by atoms with E-state index >= 15 is 0 Å². The number of nitriles is 1. The fraction of sp³-hybridized carbons (Fsp3) is 0.273. The van der Waals surface area contributed by atoms with Crippen LogP contribution in [0, 0.1) is 18.3 Å². The van der Waals surface area contributed by atoms with Crippen molar-refractivity contribution in [2.75, 3.05) is 14.2 Å². The largest absolute Gasteiger partial charge is 0.388 e. The van der Waals surface area contributed by atoms with Crippen molar-refractivity contribution in [3.8, 4) is 6.07 Å². The standard InChI is InChI=1S/C9H7NO.C2H6O/c1-7-4-8(5-10)2-3-9(7)6-11;1-3-2/h2-4,6H,1H3;1-2H3. The fourth-order valence-electron chi connectivity index (χ4n) is 0.877. The topological polar surface area (TPSA) is 50.1 Å². The summed E-state index contributed by atoms with van der Waals surface area (Å²) >= 11 is 0. The lowest BCUT2D eigenvalue weighted by Gasteiger charge is -1.95. The number of benzene rings is 1. The molecule has 0 aliphatic rings. The number of carbonyl (C=O) groups excluding carboxylic acids is 1. The molecule has 1 rings (SSSR count). The van der Waals surface area contributed by atoms with E-state index in [-0.39, 0.29) is 0 Å². The Bertz CT molecular complexity index is 340. The molecule has 3 nitrogen and oxygen atoms in total. The van der Waals surface area contributed by atoms with Crippen molar-refractivity contribution in [1.29, 1.82) is 5.26 Å². The van der Waals surface area contributed by atoms with Gasteiger partial charge in [0.25, 0.3) is 0 Å². The van der Waals surface area contributed by atoms with E-state index in [1.807, 2.05) is 13.0 Å². The fourth-order valence-corrected chi connectivity index (χ4v) is 0.877. The average molecular weight is 191 g/mol. The number of aldehydes is 1. The zero-order valence-corrected chi connectivity index (χ0v) is 8.57. The summed E-state index contributed by atoms with van der Waals surface area (Å²) in [7, 11) is 3.25. The lowest BCUT2D eigenvalue weighted by molar-refractivity contribution is 0.112. The molecule has 3 heteroatoms. The van der Waals surface area contributed by atoms with Crippen LogP contribution in [0.5, 0.6) is 0 Å². The molecule has 1 aromatic carbocycles. The second-order valence-electron chi connectivity index (χ2n) is 2.71. The molecule has 0 unspecified atom stereocenters. The molecule has 14 heavy (non-hydrogen) atoms. The first-order valence-corrected chi connectivity index (χ1v) is 4.05. The van der Waals surface area contributed by atoms with Gasteiger partial charge in [-0.25, -0.2) is 0 Å². The molecule has 0 aliphatic carbocycles. The summed E-state index contributed by atoms with van der Waals surface area (Å²) in [6.07, 6.45) is 0.788. The number of aryl methyl sites for hydroxylation is 1. The van der Waals surface area contributed by atoms with Gasteiger partial charge in [0.05, 0.1) is 11.6 Å². The first-order chi connectivity index (χ1) is 6.69. The number of nitrogens with zero attached hydrogens (tertiary/aromatic N) is 1. The number of carbonyl (C=O) groups is 1. The first kappa shape index (κ1) is 12.3. The van der Waals surface area contributed by atoms with Crippen molar-refractivity contribution in [2.45, 2.75) is 6.92 Å². The molecule has 0 saturated heterocycles. The first-order valence-electron chi connectivity index (χ1n) is 4.05. The van der Waals surface area contributed by atoms with Crippen LogP contribution in [0.1, 0.15) is 21.5 Å². The van der Waals surface area contributed by atoms with E-state index < -0.39 is 0 Å². The highest BCUT2D eigenvalue weighted by molar-refractivity contribution is 5.77. The van der Waals surface area contributed by atoms with Crippen LogP contribution in [0.15, 0.2) is 18.2 Å². The Kier molecular flexibility index (Phi) is 6.01. The normalized spacial score (nSPS) is 8.14. The Balaban J connectivity index is 0.000000500. The lowest BCUT2D eigenvalue weighted by atomic mass is 10.1. The third-order valence-electron chi connectivity index (χ3n) is 1.53. The monoisotopic (exact) mass is 191 g/mol. The maximum absolute atomic E-state index is 10.3. The molecule has 0 radical (unpaired) electrons. The van der Waals surface area contributed by atoms with Gasteiger partial charge in [-0.2, -0.15) is 5.26 Å². The molecular formula is C11H13NO2. The molecule has 1 aromatic rings. The van der Waals surface area contributed by atoms with E-state index in [1.165, 1.54) is 0 Å².